The number of Topliss-reactive ketones (excluding diaryl/α,β-unsaturated/α-hetero) is 1. The smallest absolute Gasteiger partial charge is 0.213 e. The minimum atomic E-state index is -0.297. The lowest BCUT2D eigenvalue weighted by atomic mass is 9.91. The zero-order chi connectivity index (χ0) is 13.4. The lowest BCUT2D eigenvalue weighted by Gasteiger charge is -2.31. The normalized spacial score (nSPS) is 19.2. The summed E-state index contributed by atoms with van der Waals surface area (Å²) >= 11 is 0. The Balaban J connectivity index is 2.03. The van der Waals surface area contributed by atoms with Gasteiger partial charge in [0.25, 0.3) is 0 Å². The Labute approximate surface area is 110 Å². The van der Waals surface area contributed by atoms with Gasteiger partial charge in [0.05, 0.1) is 24.5 Å². The molecule has 0 aromatic heterocycles. The van der Waals surface area contributed by atoms with Gasteiger partial charge in [-0.1, -0.05) is 12.1 Å². The van der Waals surface area contributed by atoms with Gasteiger partial charge in [0.2, 0.25) is 5.78 Å². The second kappa shape index (κ2) is 4.51. The average Bonchev–Trinajstić information content (AvgIpc) is 2.43. The van der Waals surface area contributed by atoms with Gasteiger partial charge in [0.15, 0.2) is 5.78 Å². The third-order valence-electron chi connectivity index (χ3n) is 3.39. The number of hydrogen-bond donors (Lipinski definition) is 1. The highest BCUT2D eigenvalue weighted by molar-refractivity contribution is 6.25. The Morgan fingerprint density at radius 2 is 1.89 bits per heavy atom. The quantitative estimate of drug-likeness (QED) is 0.814. The maximum Gasteiger partial charge on any atom is 0.213 e. The van der Waals surface area contributed by atoms with E-state index < -0.39 is 0 Å². The van der Waals surface area contributed by atoms with Gasteiger partial charge in [-0.25, -0.2) is 0 Å². The summed E-state index contributed by atoms with van der Waals surface area (Å²) in [5, 5.41) is 9.82. The first-order valence-corrected chi connectivity index (χ1v) is 6.14. The number of phenols is 1. The Morgan fingerprint density at radius 3 is 2.63 bits per heavy atom. The highest BCUT2D eigenvalue weighted by atomic mass is 16.5. The van der Waals surface area contributed by atoms with Gasteiger partial charge in [-0.3, -0.25) is 9.59 Å². The van der Waals surface area contributed by atoms with Crippen LogP contribution in [-0.2, 0) is 4.74 Å². The molecule has 5 nitrogen and oxygen atoms in total. The molecule has 1 saturated heterocycles. The minimum absolute atomic E-state index is 0.108. The second-order valence-corrected chi connectivity index (χ2v) is 4.52. The number of aromatic hydroxyl groups is 1. The van der Waals surface area contributed by atoms with E-state index in [9.17, 15) is 14.7 Å². The van der Waals surface area contributed by atoms with Crippen molar-refractivity contribution < 1.29 is 19.4 Å². The molecule has 19 heavy (non-hydrogen) atoms. The van der Waals surface area contributed by atoms with Crippen molar-refractivity contribution in [2.45, 2.75) is 0 Å². The molecule has 0 amide bonds. The largest absolute Gasteiger partial charge is 0.507 e. The minimum Gasteiger partial charge on any atom is -0.507 e. The molecule has 1 aromatic carbocycles. The number of rotatable bonds is 1. The fraction of sp³-hybridized carbons (Fsp3) is 0.286. The monoisotopic (exact) mass is 259 g/mol. The SMILES string of the molecule is O=C1C=C(N2CCOCC2)C(=O)c2c(O)cccc21. The standard InChI is InChI=1S/C14H13NO4/c16-11-3-1-2-9-12(17)8-10(14(18)13(9)11)15-4-6-19-7-5-15/h1-3,8,16H,4-7H2. The van der Waals surface area contributed by atoms with Crippen LogP contribution >= 0.6 is 0 Å². The predicted octanol–water partition coefficient (Wildman–Crippen LogP) is 0.987. The van der Waals surface area contributed by atoms with Crippen LogP contribution in [0.5, 0.6) is 5.75 Å². The van der Waals surface area contributed by atoms with Crippen LogP contribution in [0.15, 0.2) is 30.0 Å². The highest BCUT2D eigenvalue weighted by Gasteiger charge is 2.31. The first kappa shape index (κ1) is 11.9. The summed E-state index contributed by atoms with van der Waals surface area (Å²) in [6.45, 7) is 2.22. The number of ether oxygens (including phenoxy) is 1. The molecule has 1 N–H and O–H groups in total. The second-order valence-electron chi connectivity index (χ2n) is 4.52. The molecule has 1 aromatic rings. The van der Waals surface area contributed by atoms with Gasteiger partial charge in [-0.05, 0) is 6.07 Å². The summed E-state index contributed by atoms with van der Waals surface area (Å²) in [6.07, 6.45) is 1.36. The lowest BCUT2D eigenvalue weighted by Crippen LogP contribution is -2.39. The Bertz CT molecular complexity index is 585. The number of ketones is 2. The number of carbonyl (C=O) groups is 2. The van der Waals surface area contributed by atoms with Crippen molar-refractivity contribution in [1.82, 2.24) is 4.90 Å². The van der Waals surface area contributed by atoms with E-state index in [1.54, 1.807) is 12.1 Å². The van der Waals surface area contributed by atoms with Crippen LogP contribution in [0.25, 0.3) is 0 Å². The van der Waals surface area contributed by atoms with Crippen LogP contribution in [0.3, 0.4) is 0 Å². The number of carbonyl (C=O) groups excluding carboxylic acids is 2. The molecule has 2 aliphatic rings. The number of benzene rings is 1. The van der Waals surface area contributed by atoms with E-state index in [0.29, 0.717) is 32.0 Å². The molecule has 1 aliphatic heterocycles. The van der Waals surface area contributed by atoms with E-state index in [0.717, 1.165) is 0 Å². The molecule has 1 fully saturated rings. The van der Waals surface area contributed by atoms with Crippen molar-refractivity contribution in [3.05, 3.63) is 41.1 Å². The number of allylic oxidation sites excluding steroid dienone is 2. The van der Waals surface area contributed by atoms with Crippen molar-refractivity contribution in [3.8, 4) is 5.75 Å². The van der Waals surface area contributed by atoms with E-state index in [4.69, 9.17) is 4.74 Å². The number of hydrogen-bond acceptors (Lipinski definition) is 5. The maximum atomic E-state index is 12.4. The van der Waals surface area contributed by atoms with Crippen molar-refractivity contribution in [3.63, 3.8) is 0 Å². The van der Waals surface area contributed by atoms with Gasteiger partial charge >= 0.3 is 0 Å². The maximum absolute atomic E-state index is 12.4. The van der Waals surface area contributed by atoms with E-state index in [1.165, 1.54) is 12.1 Å². The highest BCUT2D eigenvalue weighted by Crippen LogP contribution is 2.30. The van der Waals surface area contributed by atoms with Gasteiger partial charge in [0.1, 0.15) is 5.75 Å². The Kier molecular flexibility index (Phi) is 2.83. The summed E-state index contributed by atoms with van der Waals surface area (Å²) in [6, 6.07) is 4.54. The summed E-state index contributed by atoms with van der Waals surface area (Å²) < 4.78 is 5.23. The molecule has 1 heterocycles. The molecule has 0 radical (unpaired) electrons. The van der Waals surface area contributed by atoms with E-state index in [-0.39, 0.29) is 28.4 Å². The number of phenolic OH excluding ortho intramolecular Hbond substituents is 1. The number of nitrogens with zero attached hydrogens (tertiary/aromatic N) is 1. The van der Waals surface area contributed by atoms with E-state index in [2.05, 4.69) is 0 Å². The number of morpholine rings is 1. The van der Waals surface area contributed by atoms with E-state index >= 15 is 0 Å². The third kappa shape index (κ3) is 1.92. The van der Waals surface area contributed by atoms with Crippen LogP contribution in [0, 0.1) is 0 Å². The molecule has 0 bridgehead atoms. The van der Waals surface area contributed by atoms with Crippen LogP contribution in [0.1, 0.15) is 20.7 Å². The molecule has 98 valence electrons. The molecule has 0 saturated carbocycles. The van der Waals surface area contributed by atoms with Crippen LogP contribution in [-0.4, -0.2) is 47.9 Å². The molecule has 0 unspecified atom stereocenters. The first-order valence-electron chi connectivity index (χ1n) is 6.14. The number of fused-ring (bicyclic) bond motifs is 1. The predicted molar refractivity (Wildman–Crippen MR) is 67.2 cm³/mol. The molecule has 3 rings (SSSR count). The van der Waals surface area contributed by atoms with Gasteiger partial charge in [-0.15, -0.1) is 0 Å². The van der Waals surface area contributed by atoms with Crippen molar-refractivity contribution >= 4 is 11.6 Å². The molecule has 0 spiro atoms. The summed E-state index contributed by atoms with van der Waals surface area (Å²) in [5.41, 5.74) is 0.723. The summed E-state index contributed by atoms with van der Waals surface area (Å²) in [7, 11) is 0. The lowest BCUT2D eigenvalue weighted by molar-refractivity contribution is 0.0501. The van der Waals surface area contributed by atoms with E-state index in [1.807, 2.05) is 4.90 Å². The summed E-state index contributed by atoms with van der Waals surface area (Å²) in [5.74, 6) is -0.684. The molecular formula is C14H13NO4. The first-order chi connectivity index (χ1) is 9.18. The van der Waals surface area contributed by atoms with Crippen LogP contribution in [0.2, 0.25) is 0 Å². The topological polar surface area (TPSA) is 66.8 Å². The zero-order valence-electron chi connectivity index (χ0n) is 10.3. The fourth-order valence-electron chi connectivity index (χ4n) is 2.42. The van der Waals surface area contributed by atoms with Gasteiger partial charge < -0.3 is 14.7 Å². The van der Waals surface area contributed by atoms with Crippen LogP contribution < -0.4 is 0 Å². The van der Waals surface area contributed by atoms with Crippen molar-refractivity contribution in [1.29, 1.82) is 0 Å². The summed E-state index contributed by atoms with van der Waals surface area (Å²) in [4.78, 5) is 26.3. The molecule has 5 heteroatoms. The molecular weight excluding hydrogens is 246 g/mol. The van der Waals surface area contributed by atoms with Crippen molar-refractivity contribution in [2.75, 3.05) is 26.3 Å². The van der Waals surface area contributed by atoms with Gasteiger partial charge in [0, 0.05) is 24.7 Å². The molecule has 0 atom stereocenters. The average molecular weight is 259 g/mol. The molecule has 1 aliphatic carbocycles. The third-order valence-corrected chi connectivity index (χ3v) is 3.39. The van der Waals surface area contributed by atoms with Gasteiger partial charge in [-0.2, -0.15) is 0 Å². The zero-order valence-corrected chi connectivity index (χ0v) is 10.3. The Morgan fingerprint density at radius 1 is 1.16 bits per heavy atom. The van der Waals surface area contributed by atoms with Crippen LogP contribution in [0.4, 0.5) is 0 Å². The fourth-order valence-corrected chi connectivity index (χ4v) is 2.42. The van der Waals surface area contributed by atoms with Crippen molar-refractivity contribution in [2.24, 2.45) is 0 Å². The Hall–Kier alpha value is -2.14.